The molecule has 1 aliphatic heterocycles. The Morgan fingerprint density at radius 3 is 2.19 bits per heavy atom. The number of nitrogens with zero attached hydrogens (tertiary/aromatic N) is 3. The molecule has 3 nitrogen and oxygen atoms in total. The molecule has 0 aromatic heterocycles. The van der Waals surface area contributed by atoms with Gasteiger partial charge in [0, 0.05) is 12.6 Å². The van der Waals surface area contributed by atoms with Crippen LogP contribution in [-0.4, -0.2) is 43.1 Å². The molecule has 0 saturated heterocycles. The molecule has 0 N–H and O–H groups in total. The minimum absolute atomic E-state index is 0.142. The van der Waals surface area contributed by atoms with Crippen LogP contribution >= 0.6 is 58.0 Å². The number of alkyl halides is 5. The molecule has 0 radical (unpaired) electrons. The summed E-state index contributed by atoms with van der Waals surface area (Å²) in [6, 6.07) is 0.142. The Balaban J connectivity index is 2.85. The lowest BCUT2D eigenvalue weighted by atomic mass is 10.2. The predicted molar refractivity (Wildman–Crippen MR) is 94.8 cm³/mol. The quantitative estimate of drug-likeness (QED) is 0.423. The van der Waals surface area contributed by atoms with Crippen LogP contribution in [0.25, 0.3) is 0 Å². The average Bonchev–Trinajstić information content (AvgIpc) is 2.77. The molecule has 0 aliphatic carbocycles. The van der Waals surface area contributed by atoms with Crippen molar-refractivity contribution in [3.63, 3.8) is 0 Å². The van der Waals surface area contributed by atoms with E-state index < -0.39 is 14.3 Å². The number of rotatable bonds is 7. The summed E-state index contributed by atoms with van der Waals surface area (Å²) < 4.78 is -3.41. The van der Waals surface area contributed by atoms with Crippen LogP contribution in [0.4, 0.5) is 0 Å². The fraction of sp³-hybridized carbons (Fsp3) is 0.923. The number of hydrogen-bond donors (Lipinski definition) is 0. The fourth-order valence-electron chi connectivity index (χ4n) is 2.22. The summed E-state index contributed by atoms with van der Waals surface area (Å²) in [6.45, 7) is 6.93. The summed E-state index contributed by atoms with van der Waals surface area (Å²) in [6.07, 6.45) is 5.70. The predicted octanol–water partition coefficient (Wildman–Crippen LogP) is 5.41. The molecule has 1 rings (SSSR count). The lowest BCUT2D eigenvalue weighted by molar-refractivity contribution is 0.0961. The van der Waals surface area contributed by atoms with Gasteiger partial charge in [-0.2, -0.15) is 5.10 Å². The zero-order valence-corrected chi connectivity index (χ0v) is 16.3. The number of hydrogen-bond acceptors (Lipinski definition) is 3. The average molecular weight is 398 g/mol. The van der Waals surface area contributed by atoms with Crippen molar-refractivity contribution in [2.24, 2.45) is 5.10 Å². The van der Waals surface area contributed by atoms with Gasteiger partial charge in [0.2, 0.25) is 8.13 Å². The van der Waals surface area contributed by atoms with E-state index in [4.69, 9.17) is 58.0 Å². The summed E-state index contributed by atoms with van der Waals surface area (Å²) in [5, 5.41) is 6.20. The van der Waals surface area contributed by atoms with Gasteiger partial charge in [-0.1, -0.05) is 84.2 Å². The van der Waals surface area contributed by atoms with E-state index in [1.807, 2.05) is 23.8 Å². The second-order valence-electron chi connectivity index (χ2n) is 5.49. The third kappa shape index (κ3) is 4.84. The van der Waals surface area contributed by atoms with Crippen LogP contribution in [0.15, 0.2) is 5.10 Å². The largest absolute Gasteiger partial charge is 0.334 e. The second-order valence-corrected chi connectivity index (χ2v) is 9.16. The Morgan fingerprint density at radius 2 is 1.71 bits per heavy atom. The molecule has 0 aromatic rings. The van der Waals surface area contributed by atoms with Crippen LogP contribution in [0.5, 0.6) is 0 Å². The molecule has 0 bridgehead atoms. The molecule has 0 fully saturated rings. The van der Waals surface area contributed by atoms with Gasteiger partial charge in [-0.3, -0.25) is 5.01 Å². The molecule has 0 saturated carbocycles. The first-order valence-corrected chi connectivity index (χ1v) is 9.04. The second kappa shape index (κ2) is 8.01. The van der Waals surface area contributed by atoms with Crippen molar-refractivity contribution in [2.45, 2.75) is 66.8 Å². The molecule has 0 aromatic carbocycles. The number of unbranched alkanes of at least 4 members (excludes halogenated alkanes) is 3. The molecular weight excluding hydrogens is 375 g/mol. The molecular formula is C13H22Cl5N3. The molecule has 1 unspecified atom stereocenters. The fourth-order valence-corrected chi connectivity index (χ4v) is 2.97. The normalized spacial score (nSPS) is 20.0. The van der Waals surface area contributed by atoms with Crippen molar-refractivity contribution in [3.8, 4) is 0 Å². The van der Waals surface area contributed by atoms with Crippen molar-refractivity contribution < 1.29 is 0 Å². The van der Waals surface area contributed by atoms with E-state index >= 15 is 0 Å². The zero-order chi connectivity index (χ0) is 16.3. The molecule has 21 heavy (non-hydrogen) atoms. The van der Waals surface area contributed by atoms with Gasteiger partial charge in [0.15, 0.2) is 6.17 Å². The zero-order valence-electron chi connectivity index (χ0n) is 12.5. The highest BCUT2D eigenvalue weighted by molar-refractivity contribution is 6.75. The van der Waals surface area contributed by atoms with E-state index in [-0.39, 0.29) is 6.04 Å². The first kappa shape index (κ1) is 19.8. The highest BCUT2D eigenvalue weighted by Gasteiger charge is 2.57. The lowest BCUT2D eigenvalue weighted by Crippen LogP contribution is -2.58. The van der Waals surface area contributed by atoms with Gasteiger partial charge >= 0.3 is 0 Å². The number of hydrazone groups is 1. The van der Waals surface area contributed by atoms with Gasteiger partial charge in [-0.15, -0.1) is 0 Å². The van der Waals surface area contributed by atoms with Gasteiger partial charge in [-0.05, 0) is 20.3 Å². The highest BCUT2D eigenvalue weighted by Crippen LogP contribution is 2.51. The van der Waals surface area contributed by atoms with Crippen LogP contribution < -0.4 is 0 Å². The SMILES string of the molecule is CCCCCCN1N=CN(C(C)C)C1C(Cl)(Cl)C(Cl)(Cl)Cl. The standard InChI is InChI=1S/C13H22Cl5N3/c1-4-5-6-7-8-21-11(12(14,15)13(16,17)18)20(9-19-21)10(2)3/h9-11H,4-8H2,1-3H3. The van der Waals surface area contributed by atoms with E-state index in [0.717, 1.165) is 19.4 Å². The summed E-state index contributed by atoms with van der Waals surface area (Å²) in [4.78, 5) is 1.92. The van der Waals surface area contributed by atoms with Crippen LogP contribution in [0.3, 0.4) is 0 Å². The third-order valence-corrected chi connectivity index (χ3v) is 5.87. The molecule has 0 amide bonds. The Morgan fingerprint density at radius 1 is 1.10 bits per heavy atom. The first-order valence-electron chi connectivity index (χ1n) is 7.15. The van der Waals surface area contributed by atoms with Crippen molar-refractivity contribution in [1.29, 1.82) is 0 Å². The molecule has 1 atom stereocenters. The van der Waals surface area contributed by atoms with Gasteiger partial charge < -0.3 is 4.90 Å². The minimum Gasteiger partial charge on any atom is -0.334 e. The summed E-state index contributed by atoms with van der Waals surface area (Å²) >= 11 is 30.7. The van der Waals surface area contributed by atoms with Gasteiger partial charge in [0.05, 0.1) is 0 Å². The van der Waals surface area contributed by atoms with Crippen molar-refractivity contribution >= 4 is 64.3 Å². The van der Waals surface area contributed by atoms with Crippen molar-refractivity contribution in [3.05, 3.63) is 0 Å². The van der Waals surface area contributed by atoms with Gasteiger partial charge in [0.1, 0.15) is 6.34 Å². The molecule has 8 heteroatoms. The molecule has 0 spiro atoms. The van der Waals surface area contributed by atoms with E-state index in [1.54, 1.807) is 6.34 Å². The van der Waals surface area contributed by atoms with E-state index in [9.17, 15) is 0 Å². The van der Waals surface area contributed by atoms with E-state index in [1.165, 1.54) is 12.8 Å². The third-order valence-electron chi connectivity index (χ3n) is 3.44. The summed E-state index contributed by atoms with van der Waals surface area (Å²) in [5.41, 5.74) is 0. The van der Waals surface area contributed by atoms with Crippen molar-refractivity contribution in [1.82, 2.24) is 9.91 Å². The topological polar surface area (TPSA) is 18.8 Å². The maximum Gasteiger partial charge on any atom is 0.227 e. The number of halogens is 5. The highest BCUT2D eigenvalue weighted by atomic mass is 35.6. The maximum atomic E-state index is 6.40. The smallest absolute Gasteiger partial charge is 0.227 e. The van der Waals surface area contributed by atoms with Gasteiger partial charge in [-0.25, -0.2) is 0 Å². The van der Waals surface area contributed by atoms with Crippen LogP contribution in [0.1, 0.15) is 46.5 Å². The molecule has 124 valence electrons. The summed E-state index contributed by atoms with van der Waals surface area (Å²) in [5.74, 6) is 0. The van der Waals surface area contributed by atoms with E-state index in [2.05, 4.69) is 12.0 Å². The monoisotopic (exact) mass is 395 g/mol. The Bertz CT molecular complexity index is 354. The van der Waals surface area contributed by atoms with Crippen LogP contribution in [0.2, 0.25) is 0 Å². The Hall–Kier alpha value is 0.720. The Labute approximate surface area is 152 Å². The van der Waals surface area contributed by atoms with E-state index in [0.29, 0.717) is 0 Å². The van der Waals surface area contributed by atoms with Crippen LogP contribution in [0, 0.1) is 0 Å². The van der Waals surface area contributed by atoms with Gasteiger partial charge in [0.25, 0.3) is 0 Å². The first-order chi connectivity index (χ1) is 9.63. The van der Waals surface area contributed by atoms with Crippen molar-refractivity contribution in [2.75, 3.05) is 6.54 Å². The maximum absolute atomic E-state index is 6.40. The summed E-state index contributed by atoms with van der Waals surface area (Å²) in [7, 11) is 0. The molecule has 1 heterocycles. The lowest BCUT2D eigenvalue weighted by Gasteiger charge is -2.43. The minimum atomic E-state index is -1.82. The van der Waals surface area contributed by atoms with Crippen LogP contribution in [-0.2, 0) is 0 Å². The Kier molecular flexibility index (Phi) is 7.54. The molecule has 1 aliphatic rings.